The molecule has 1 amide bonds. The molecule has 0 unspecified atom stereocenters. The second kappa shape index (κ2) is 10.2. The van der Waals surface area contributed by atoms with Crippen molar-refractivity contribution < 1.29 is 29.7 Å². The molecule has 0 fully saturated rings. The van der Waals surface area contributed by atoms with Gasteiger partial charge in [-0.2, -0.15) is 0 Å². The van der Waals surface area contributed by atoms with Crippen LogP contribution in [0.2, 0.25) is 0 Å². The van der Waals surface area contributed by atoms with E-state index in [2.05, 4.69) is 15.3 Å². The van der Waals surface area contributed by atoms with E-state index in [4.69, 9.17) is 15.9 Å². The number of unbranched alkanes of at least 4 members (excludes halogenated alkanes) is 3. The number of aromatic nitrogens is 3. The predicted octanol–water partition coefficient (Wildman–Crippen LogP) is 1.06. The number of aryl methyl sites for hydroxylation is 1. The monoisotopic (exact) mass is 407 g/mol. The number of nitrogen functional groups attached to an aromatic ring is 1. The van der Waals surface area contributed by atoms with E-state index in [0.29, 0.717) is 30.2 Å². The molecule has 0 bridgehead atoms. The van der Waals surface area contributed by atoms with Gasteiger partial charge in [0.15, 0.2) is 5.82 Å². The first-order valence-corrected chi connectivity index (χ1v) is 9.32. The van der Waals surface area contributed by atoms with Crippen molar-refractivity contribution >= 4 is 23.7 Å². The maximum atomic E-state index is 11.8. The van der Waals surface area contributed by atoms with Crippen LogP contribution in [0.1, 0.15) is 44.9 Å². The molecule has 0 aliphatic carbocycles. The summed E-state index contributed by atoms with van der Waals surface area (Å²) in [4.78, 5) is 41.6. The van der Waals surface area contributed by atoms with E-state index in [-0.39, 0.29) is 25.1 Å². The van der Waals surface area contributed by atoms with Crippen LogP contribution < -0.4 is 11.1 Å². The molecule has 11 nitrogen and oxygen atoms in total. The lowest BCUT2D eigenvalue weighted by Gasteiger charge is -2.13. The van der Waals surface area contributed by atoms with Crippen LogP contribution in [-0.4, -0.2) is 53.7 Å². The number of nitrogens with one attached hydrogen (secondary N) is 1. The Morgan fingerprint density at radius 1 is 1.14 bits per heavy atom. The average Bonchev–Trinajstić information content (AvgIpc) is 3.04. The summed E-state index contributed by atoms with van der Waals surface area (Å²) in [6.45, 7) is 0.544. The van der Waals surface area contributed by atoms with Gasteiger partial charge in [0.2, 0.25) is 11.8 Å². The fraction of sp³-hybridized carbons (Fsp3) is 0.500. The number of carbonyl (C=O) groups is 3. The lowest BCUT2D eigenvalue weighted by Crippen LogP contribution is -2.41. The van der Waals surface area contributed by atoms with Crippen LogP contribution in [0, 0.1) is 0 Å². The minimum atomic E-state index is -1.25. The SMILES string of the molecule is Nc1cc2c(O)n(CCCCCCC(=O)N[C@@H](CCC(=O)O)C(=O)O)cnc-2n1. The predicted molar refractivity (Wildman–Crippen MR) is 102 cm³/mol. The van der Waals surface area contributed by atoms with Gasteiger partial charge < -0.3 is 30.9 Å². The van der Waals surface area contributed by atoms with Gasteiger partial charge in [0.25, 0.3) is 0 Å². The van der Waals surface area contributed by atoms with Gasteiger partial charge in [-0.1, -0.05) is 12.8 Å². The van der Waals surface area contributed by atoms with Gasteiger partial charge in [0, 0.05) is 19.4 Å². The van der Waals surface area contributed by atoms with Gasteiger partial charge in [-0.05, 0) is 25.3 Å². The van der Waals surface area contributed by atoms with E-state index >= 15 is 0 Å². The highest BCUT2D eigenvalue weighted by atomic mass is 16.4. The summed E-state index contributed by atoms with van der Waals surface area (Å²) in [6.07, 6.45) is 4.09. The van der Waals surface area contributed by atoms with Crippen LogP contribution in [-0.2, 0) is 20.9 Å². The van der Waals surface area contributed by atoms with Crippen LogP contribution >= 0.6 is 0 Å². The molecule has 0 saturated heterocycles. The van der Waals surface area contributed by atoms with Crippen molar-refractivity contribution in [3.63, 3.8) is 0 Å². The van der Waals surface area contributed by atoms with Crippen LogP contribution in [0.4, 0.5) is 5.82 Å². The Bertz CT molecular complexity index is 836. The number of hydrogen-bond donors (Lipinski definition) is 5. The summed E-state index contributed by atoms with van der Waals surface area (Å²) in [5.74, 6) is -2.02. The first kappa shape index (κ1) is 21.9. The maximum absolute atomic E-state index is 11.8. The Kier molecular flexibility index (Phi) is 7.75. The molecule has 11 heteroatoms. The number of nitrogens with zero attached hydrogens (tertiary/aromatic N) is 3. The Morgan fingerprint density at radius 3 is 2.55 bits per heavy atom. The zero-order valence-electron chi connectivity index (χ0n) is 15.9. The van der Waals surface area contributed by atoms with Crippen molar-refractivity contribution in [1.29, 1.82) is 0 Å². The van der Waals surface area contributed by atoms with E-state index in [0.717, 1.165) is 19.3 Å². The number of anilines is 1. The van der Waals surface area contributed by atoms with Crippen molar-refractivity contribution in [1.82, 2.24) is 19.9 Å². The molecule has 0 aromatic heterocycles. The molecule has 158 valence electrons. The maximum Gasteiger partial charge on any atom is 0.326 e. The van der Waals surface area contributed by atoms with Crippen molar-refractivity contribution in [2.45, 2.75) is 57.5 Å². The highest BCUT2D eigenvalue weighted by Gasteiger charge is 2.20. The number of aromatic hydroxyl groups is 1. The third-order valence-electron chi connectivity index (χ3n) is 4.43. The first-order chi connectivity index (χ1) is 13.8. The lowest BCUT2D eigenvalue weighted by atomic mass is 10.1. The number of carboxylic acid groups (broad SMARTS) is 2. The zero-order chi connectivity index (χ0) is 21.4. The lowest BCUT2D eigenvalue weighted by molar-refractivity contribution is -0.143. The fourth-order valence-electron chi connectivity index (χ4n) is 2.90. The topological polar surface area (TPSA) is 181 Å². The number of amides is 1. The van der Waals surface area contributed by atoms with E-state index in [1.54, 1.807) is 10.6 Å². The summed E-state index contributed by atoms with van der Waals surface area (Å²) in [5, 5.41) is 30.2. The smallest absolute Gasteiger partial charge is 0.326 e. The summed E-state index contributed by atoms with van der Waals surface area (Å²) < 4.78 is 1.61. The van der Waals surface area contributed by atoms with E-state index < -0.39 is 23.9 Å². The Labute approximate surface area is 166 Å². The molecular weight excluding hydrogens is 382 g/mol. The van der Waals surface area contributed by atoms with E-state index in [9.17, 15) is 19.5 Å². The van der Waals surface area contributed by atoms with Crippen LogP contribution in [0.5, 0.6) is 5.88 Å². The van der Waals surface area contributed by atoms with E-state index in [1.165, 1.54) is 6.33 Å². The van der Waals surface area contributed by atoms with Gasteiger partial charge in [0.1, 0.15) is 11.9 Å². The van der Waals surface area contributed by atoms with Gasteiger partial charge in [-0.15, -0.1) is 0 Å². The second-order valence-corrected chi connectivity index (χ2v) is 6.73. The molecule has 2 heterocycles. The number of carboxylic acids is 2. The molecule has 0 aromatic rings. The molecule has 2 aliphatic rings. The molecule has 1 atom stereocenters. The minimum Gasteiger partial charge on any atom is -0.494 e. The summed E-state index contributed by atoms with van der Waals surface area (Å²) in [6, 6.07) is 0.369. The summed E-state index contributed by atoms with van der Waals surface area (Å²) >= 11 is 0. The fourth-order valence-corrected chi connectivity index (χ4v) is 2.90. The summed E-state index contributed by atoms with van der Waals surface area (Å²) in [7, 11) is 0. The second-order valence-electron chi connectivity index (χ2n) is 6.73. The van der Waals surface area contributed by atoms with Crippen molar-refractivity contribution in [2.75, 3.05) is 5.73 Å². The number of nitrogens with two attached hydrogens (primary N) is 1. The Balaban J connectivity index is 1.67. The van der Waals surface area contributed by atoms with Crippen molar-refractivity contribution in [3.05, 3.63) is 12.4 Å². The van der Waals surface area contributed by atoms with Crippen molar-refractivity contribution in [3.8, 4) is 17.3 Å². The van der Waals surface area contributed by atoms with Gasteiger partial charge >= 0.3 is 11.9 Å². The van der Waals surface area contributed by atoms with Gasteiger partial charge in [-0.25, -0.2) is 14.8 Å². The summed E-state index contributed by atoms with van der Waals surface area (Å²) in [5.41, 5.74) is 6.10. The van der Waals surface area contributed by atoms with Crippen LogP contribution in [0.15, 0.2) is 12.4 Å². The largest absolute Gasteiger partial charge is 0.494 e. The van der Waals surface area contributed by atoms with Crippen LogP contribution in [0.3, 0.4) is 0 Å². The Hall–Kier alpha value is -3.37. The minimum absolute atomic E-state index is 0.0552. The molecule has 6 N–H and O–H groups in total. The van der Waals surface area contributed by atoms with E-state index in [1.807, 2.05) is 0 Å². The molecule has 29 heavy (non-hydrogen) atoms. The standard InChI is InChI=1S/C18H25N5O6/c19-13-9-11-16(22-13)20-10-23(17(11)27)8-4-2-1-3-5-14(24)21-12(18(28)29)6-7-15(25)26/h9-10,12,27H,1-8,19H2,(H,21,24)(H,25,26)(H,28,29)/t12-/m0/s1. The van der Waals surface area contributed by atoms with Crippen molar-refractivity contribution in [2.24, 2.45) is 0 Å². The third kappa shape index (κ3) is 6.63. The third-order valence-corrected chi connectivity index (χ3v) is 4.43. The molecule has 0 spiro atoms. The molecule has 0 radical (unpaired) electrons. The quantitative estimate of drug-likeness (QED) is 0.321. The number of hydrogen-bond acceptors (Lipinski definition) is 7. The van der Waals surface area contributed by atoms with Gasteiger partial charge in [0.05, 0.1) is 11.9 Å². The zero-order valence-corrected chi connectivity index (χ0v) is 15.9. The molecule has 0 saturated carbocycles. The Morgan fingerprint density at radius 2 is 1.86 bits per heavy atom. The first-order valence-electron chi connectivity index (χ1n) is 9.32. The van der Waals surface area contributed by atoms with Gasteiger partial charge in [-0.3, -0.25) is 9.59 Å². The normalized spacial score (nSPS) is 12.0. The molecule has 2 rings (SSSR count). The average molecular weight is 407 g/mol. The highest BCUT2D eigenvalue weighted by molar-refractivity contribution is 5.83. The van der Waals surface area contributed by atoms with Crippen LogP contribution in [0.25, 0.3) is 11.4 Å². The number of fused-ring (bicyclic) bond motifs is 1. The number of rotatable bonds is 12. The molecule has 0 aromatic carbocycles. The highest BCUT2D eigenvalue weighted by Crippen LogP contribution is 2.30. The molecule has 2 aliphatic heterocycles. The molecular formula is C18H25N5O6. The number of aliphatic carboxylic acids is 2. The number of carbonyl (C=O) groups excluding carboxylic acids is 1.